The van der Waals surface area contributed by atoms with Crippen molar-refractivity contribution in [1.29, 1.82) is 0 Å². The van der Waals surface area contributed by atoms with Crippen LogP contribution in [0.5, 0.6) is 0 Å². The highest BCUT2D eigenvalue weighted by Crippen LogP contribution is 2.12. The Morgan fingerprint density at radius 1 is 1.60 bits per heavy atom. The van der Waals surface area contributed by atoms with Gasteiger partial charge >= 0.3 is 17.9 Å². The fraction of sp³-hybridized carbons (Fsp3) is 0.500. The zero-order chi connectivity index (χ0) is 11.3. The molecule has 82 valence electrons. The average Bonchev–Trinajstić information content (AvgIpc) is 2.66. The first-order valence-electron chi connectivity index (χ1n) is 4.27. The molecule has 0 aromatic carbocycles. The molecule has 0 aliphatic rings. The Balaban J connectivity index is 2.76. The fourth-order valence-electron chi connectivity index (χ4n) is 0.716. The molecule has 6 nitrogen and oxygen atoms in total. The highest BCUT2D eigenvalue weighted by Gasteiger charge is 2.15. The summed E-state index contributed by atoms with van der Waals surface area (Å²) in [6, 6.07) is 0.0601. The molecule has 0 saturated heterocycles. The molecule has 0 radical (unpaired) electrons. The molecule has 7 heteroatoms. The molecule has 0 atom stereocenters. The molecule has 15 heavy (non-hydrogen) atoms. The van der Waals surface area contributed by atoms with Gasteiger partial charge in [0.15, 0.2) is 0 Å². The van der Waals surface area contributed by atoms with Crippen LogP contribution < -0.4 is 0 Å². The van der Waals surface area contributed by atoms with Gasteiger partial charge in [-0.05, 0) is 20.1 Å². The summed E-state index contributed by atoms with van der Waals surface area (Å²) in [7, 11) is 0. The van der Waals surface area contributed by atoms with Crippen molar-refractivity contribution in [3.8, 4) is 0 Å². The second-order valence-electron chi connectivity index (χ2n) is 2.45. The Kier molecular flexibility index (Phi) is 4.29. The third kappa shape index (κ3) is 3.35. The van der Waals surface area contributed by atoms with Crippen LogP contribution in [0.25, 0.3) is 0 Å². The largest absolute Gasteiger partial charge is 0.459 e. The lowest BCUT2D eigenvalue weighted by Gasteiger charge is -1.93. The molecular formula is C8H11N3O3S. The zero-order valence-corrected chi connectivity index (χ0v) is 9.50. The predicted octanol–water partition coefficient (Wildman–Crippen LogP) is 1.66. The van der Waals surface area contributed by atoms with Gasteiger partial charge in [-0.3, -0.25) is 0 Å². The molecule has 0 bridgehead atoms. The lowest BCUT2D eigenvalue weighted by molar-refractivity contribution is 0.0481. The molecule has 0 spiro atoms. The van der Waals surface area contributed by atoms with Crippen LogP contribution in [0.4, 0.5) is 6.01 Å². The topological polar surface area (TPSA) is 77.6 Å². The van der Waals surface area contributed by atoms with Crippen molar-refractivity contribution in [3.05, 3.63) is 5.89 Å². The first-order chi connectivity index (χ1) is 7.17. The molecule has 1 heterocycles. The van der Waals surface area contributed by atoms with Crippen LogP contribution >= 0.6 is 11.8 Å². The quantitative estimate of drug-likeness (QED) is 0.445. The van der Waals surface area contributed by atoms with E-state index in [0.717, 1.165) is 5.04 Å². The maximum atomic E-state index is 11.1. The molecule has 1 aromatic rings. The first-order valence-corrected chi connectivity index (χ1v) is 5.49. The van der Waals surface area contributed by atoms with Gasteiger partial charge in [0.1, 0.15) is 0 Å². The minimum absolute atomic E-state index is 0.0601. The number of aliphatic imine (C=N–C) groups is 1. The lowest BCUT2D eigenvalue weighted by atomic mass is 10.7. The van der Waals surface area contributed by atoms with Gasteiger partial charge in [0.05, 0.1) is 11.7 Å². The number of carbonyl (C=O) groups is 1. The molecule has 1 rings (SSSR count). The minimum atomic E-state index is -0.631. The van der Waals surface area contributed by atoms with E-state index in [-0.39, 0.29) is 18.5 Å². The van der Waals surface area contributed by atoms with E-state index in [2.05, 4.69) is 19.9 Å². The Bertz CT molecular complexity index is 375. The summed E-state index contributed by atoms with van der Waals surface area (Å²) in [5.74, 6) is -0.808. The minimum Gasteiger partial charge on any atom is -0.459 e. The Labute approximate surface area is 91.1 Å². The van der Waals surface area contributed by atoms with Gasteiger partial charge in [-0.15, -0.1) is 11.8 Å². The Hall–Kier alpha value is -1.37. The monoisotopic (exact) mass is 229 g/mol. The third-order valence-corrected chi connectivity index (χ3v) is 2.09. The standard InChI is InChI=1S/C8H11N3O3S/c1-4-13-7(12)6-10-11-8(14-6)9-5(2)15-3/h4H2,1-3H3. The van der Waals surface area contributed by atoms with Crippen LogP contribution in [-0.4, -0.2) is 34.1 Å². The lowest BCUT2D eigenvalue weighted by Crippen LogP contribution is -2.04. The number of esters is 1. The second-order valence-corrected chi connectivity index (χ2v) is 3.44. The molecule has 1 aromatic heterocycles. The van der Waals surface area contributed by atoms with Crippen LogP contribution in [0.3, 0.4) is 0 Å². The normalized spacial score (nSPS) is 11.5. The van der Waals surface area contributed by atoms with Crippen molar-refractivity contribution >= 4 is 28.8 Å². The molecule has 0 amide bonds. The summed E-state index contributed by atoms with van der Waals surface area (Å²) >= 11 is 1.45. The van der Waals surface area contributed by atoms with Crippen LogP contribution in [-0.2, 0) is 4.74 Å². The number of aromatic nitrogens is 2. The second kappa shape index (κ2) is 5.50. The summed E-state index contributed by atoms with van der Waals surface area (Å²) in [4.78, 5) is 15.1. The molecule has 0 saturated carbocycles. The smallest absolute Gasteiger partial charge is 0.396 e. The van der Waals surface area contributed by atoms with Crippen molar-refractivity contribution in [3.63, 3.8) is 0 Å². The number of ether oxygens (including phenoxy) is 1. The van der Waals surface area contributed by atoms with Crippen LogP contribution in [0.15, 0.2) is 9.41 Å². The summed E-state index contributed by atoms with van der Waals surface area (Å²) in [5.41, 5.74) is 0. The van der Waals surface area contributed by atoms with E-state index in [1.165, 1.54) is 11.8 Å². The molecule has 0 aliphatic heterocycles. The van der Waals surface area contributed by atoms with Crippen molar-refractivity contribution in [2.75, 3.05) is 12.9 Å². The van der Waals surface area contributed by atoms with E-state index in [4.69, 9.17) is 4.42 Å². The van der Waals surface area contributed by atoms with E-state index in [9.17, 15) is 4.79 Å². The number of thioether (sulfide) groups is 1. The molecule has 0 fully saturated rings. The van der Waals surface area contributed by atoms with Gasteiger partial charge in [0, 0.05) is 0 Å². The van der Waals surface area contributed by atoms with Crippen molar-refractivity contribution < 1.29 is 13.9 Å². The van der Waals surface area contributed by atoms with Gasteiger partial charge in [-0.1, -0.05) is 10.2 Å². The zero-order valence-electron chi connectivity index (χ0n) is 8.68. The number of carbonyl (C=O) groups excluding carboxylic acids is 1. The van der Waals surface area contributed by atoms with E-state index in [1.807, 2.05) is 6.26 Å². The van der Waals surface area contributed by atoms with E-state index in [1.54, 1.807) is 13.8 Å². The van der Waals surface area contributed by atoms with E-state index in [0.29, 0.717) is 0 Å². The summed E-state index contributed by atoms with van der Waals surface area (Å²) in [6.45, 7) is 3.77. The Morgan fingerprint density at radius 3 is 2.93 bits per heavy atom. The van der Waals surface area contributed by atoms with E-state index >= 15 is 0 Å². The fourth-order valence-corrected chi connectivity index (χ4v) is 0.886. The molecule has 0 unspecified atom stereocenters. The number of nitrogens with zero attached hydrogens (tertiary/aromatic N) is 3. The van der Waals surface area contributed by atoms with Gasteiger partial charge in [-0.2, -0.15) is 4.99 Å². The van der Waals surface area contributed by atoms with Crippen LogP contribution in [0, 0.1) is 0 Å². The SMILES string of the molecule is CCOC(=O)c1nnc(N=C(C)SC)o1. The van der Waals surface area contributed by atoms with Crippen LogP contribution in [0.1, 0.15) is 24.5 Å². The number of hydrogen-bond acceptors (Lipinski definition) is 7. The van der Waals surface area contributed by atoms with Gasteiger partial charge in [-0.25, -0.2) is 4.79 Å². The maximum Gasteiger partial charge on any atom is 0.396 e. The predicted molar refractivity (Wildman–Crippen MR) is 56.5 cm³/mol. The highest BCUT2D eigenvalue weighted by molar-refractivity contribution is 8.13. The molecular weight excluding hydrogens is 218 g/mol. The van der Waals surface area contributed by atoms with Crippen LogP contribution in [0.2, 0.25) is 0 Å². The summed E-state index contributed by atoms with van der Waals surface area (Å²) in [6.07, 6.45) is 1.88. The third-order valence-electron chi connectivity index (χ3n) is 1.41. The van der Waals surface area contributed by atoms with E-state index < -0.39 is 5.97 Å². The number of rotatable bonds is 3. The summed E-state index contributed by atoms with van der Waals surface area (Å²) < 4.78 is 9.66. The molecule has 0 aliphatic carbocycles. The van der Waals surface area contributed by atoms with Crippen molar-refractivity contribution in [1.82, 2.24) is 10.2 Å². The Morgan fingerprint density at radius 2 is 2.33 bits per heavy atom. The average molecular weight is 229 g/mol. The number of hydrogen-bond donors (Lipinski definition) is 0. The summed E-state index contributed by atoms with van der Waals surface area (Å²) in [5, 5.41) is 7.88. The maximum absolute atomic E-state index is 11.1. The van der Waals surface area contributed by atoms with Gasteiger partial charge in [0.25, 0.3) is 0 Å². The van der Waals surface area contributed by atoms with Gasteiger partial charge in [0.2, 0.25) is 0 Å². The van der Waals surface area contributed by atoms with Crippen molar-refractivity contribution in [2.45, 2.75) is 13.8 Å². The first kappa shape index (κ1) is 11.7. The molecule has 0 N–H and O–H groups in total. The van der Waals surface area contributed by atoms with Gasteiger partial charge < -0.3 is 9.15 Å². The highest BCUT2D eigenvalue weighted by atomic mass is 32.2. The van der Waals surface area contributed by atoms with Crippen molar-refractivity contribution in [2.24, 2.45) is 4.99 Å².